The molecule has 0 spiro atoms. The minimum atomic E-state index is 0.611. The second-order valence-electron chi connectivity index (χ2n) is 4.75. The van der Waals surface area contributed by atoms with Crippen LogP contribution in [0.4, 0.5) is 0 Å². The largest absolute Gasteiger partial charge is 0.314 e. The van der Waals surface area contributed by atoms with Gasteiger partial charge in [-0.3, -0.25) is 0 Å². The molecule has 1 N–H and O–H groups in total. The number of rotatable bonds is 4. The third-order valence-corrected chi connectivity index (χ3v) is 2.83. The van der Waals surface area contributed by atoms with Gasteiger partial charge in [-0.25, -0.2) is 9.67 Å². The number of aromatic nitrogens is 3. The van der Waals surface area contributed by atoms with Gasteiger partial charge in [-0.05, 0) is 25.3 Å². The molecule has 4 heteroatoms. The Morgan fingerprint density at radius 3 is 3.13 bits per heavy atom. The molecule has 0 aliphatic carbocycles. The molecule has 2 heterocycles. The normalized spacial score (nSPS) is 21.4. The highest BCUT2D eigenvalue weighted by Gasteiger charge is 2.17. The monoisotopic (exact) mass is 208 g/mol. The Morgan fingerprint density at radius 1 is 1.60 bits per heavy atom. The number of nitrogens with zero attached hydrogens (tertiary/aromatic N) is 3. The first-order valence-corrected chi connectivity index (χ1v) is 5.86. The summed E-state index contributed by atoms with van der Waals surface area (Å²) in [7, 11) is 0. The minimum Gasteiger partial charge on any atom is -0.314 e. The van der Waals surface area contributed by atoms with Crippen LogP contribution in [0.3, 0.4) is 0 Å². The number of hydrogen-bond acceptors (Lipinski definition) is 3. The summed E-state index contributed by atoms with van der Waals surface area (Å²) in [6.45, 7) is 6.55. The molecular weight excluding hydrogens is 188 g/mol. The quantitative estimate of drug-likeness (QED) is 0.809. The molecule has 4 nitrogen and oxygen atoms in total. The molecule has 0 aromatic carbocycles. The maximum absolute atomic E-state index is 4.34. The minimum absolute atomic E-state index is 0.611. The lowest BCUT2D eigenvalue weighted by Crippen LogP contribution is -2.26. The standard InChI is InChI=1S/C11H20N4/c1-9(2)7-15-11(13-8-14-15)6-10-4-3-5-12-10/h8-10,12H,3-7H2,1-2H3. The first-order chi connectivity index (χ1) is 7.25. The van der Waals surface area contributed by atoms with Crippen LogP contribution in [0.1, 0.15) is 32.5 Å². The molecule has 1 aliphatic rings. The van der Waals surface area contributed by atoms with Gasteiger partial charge in [-0.15, -0.1) is 0 Å². The summed E-state index contributed by atoms with van der Waals surface area (Å²) in [6.07, 6.45) is 5.26. The Kier molecular flexibility index (Phi) is 3.36. The van der Waals surface area contributed by atoms with E-state index in [2.05, 4.69) is 29.2 Å². The van der Waals surface area contributed by atoms with Crippen molar-refractivity contribution in [3.8, 4) is 0 Å². The first-order valence-electron chi connectivity index (χ1n) is 5.86. The molecule has 0 saturated carbocycles. The Morgan fingerprint density at radius 2 is 2.47 bits per heavy atom. The highest BCUT2D eigenvalue weighted by molar-refractivity contribution is 4.91. The van der Waals surface area contributed by atoms with Crippen LogP contribution in [0.2, 0.25) is 0 Å². The Balaban J connectivity index is 1.97. The third-order valence-electron chi connectivity index (χ3n) is 2.83. The summed E-state index contributed by atoms with van der Waals surface area (Å²) in [6, 6.07) is 0.611. The second-order valence-corrected chi connectivity index (χ2v) is 4.75. The van der Waals surface area contributed by atoms with Gasteiger partial charge in [0.1, 0.15) is 12.2 Å². The van der Waals surface area contributed by atoms with Gasteiger partial charge in [-0.1, -0.05) is 13.8 Å². The molecule has 1 atom stereocenters. The average molecular weight is 208 g/mol. The maximum atomic E-state index is 4.34. The molecule has 1 fully saturated rings. The van der Waals surface area contributed by atoms with Crippen molar-refractivity contribution in [3.05, 3.63) is 12.2 Å². The molecule has 1 unspecified atom stereocenters. The van der Waals surface area contributed by atoms with Gasteiger partial charge < -0.3 is 5.32 Å². The van der Waals surface area contributed by atoms with Crippen molar-refractivity contribution in [2.24, 2.45) is 5.92 Å². The Hall–Kier alpha value is -0.900. The molecular formula is C11H20N4. The lowest BCUT2D eigenvalue weighted by Gasteiger charge is -2.12. The fourth-order valence-corrected chi connectivity index (χ4v) is 2.10. The van der Waals surface area contributed by atoms with Crippen molar-refractivity contribution in [2.45, 2.75) is 45.7 Å². The summed E-state index contributed by atoms with van der Waals surface area (Å²) in [5, 5.41) is 7.77. The molecule has 84 valence electrons. The van der Waals surface area contributed by atoms with Crippen molar-refractivity contribution in [1.29, 1.82) is 0 Å². The van der Waals surface area contributed by atoms with Crippen LogP contribution in [0.15, 0.2) is 6.33 Å². The van der Waals surface area contributed by atoms with E-state index in [1.807, 2.05) is 4.68 Å². The topological polar surface area (TPSA) is 42.7 Å². The van der Waals surface area contributed by atoms with E-state index in [1.54, 1.807) is 6.33 Å². The smallest absolute Gasteiger partial charge is 0.138 e. The molecule has 1 aliphatic heterocycles. The van der Waals surface area contributed by atoms with Crippen LogP contribution >= 0.6 is 0 Å². The third kappa shape index (κ3) is 2.78. The van der Waals surface area contributed by atoms with E-state index in [1.165, 1.54) is 12.8 Å². The lowest BCUT2D eigenvalue weighted by molar-refractivity contribution is 0.453. The SMILES string of the molecule is CC(C)Cn1ncnc1CC1CCCN1. The highest BCUT2D eigenvalue weighted by Crippen LogP contribution is 2.11. The first kappa shape index (κ1) is 10.6. The van der Waals surface area contributed by atoms with E-state index < -0.39 is 0 Å². The van der Waals surface area contributed by atoms with Crippen molar-refractivity contribution >= 4 is 0 Å². The van der Waals surface area contributed by atoms with Crippen molar-refractivity contribution < 1.29 is 0 Å². The second kappa shape index (κ2) is 4.75. The van der Waals surface area contributed by atoms with E-state index in [9.17, 15) is 0 Å². The van der Waals surface area contributed by atoms with E-state index in [4.69, 9.17) is 0 Å². The molecule has 1 saturated heterocycles. The van der Waals surface area contributed by atoms with Crippen LogP contribution in [0.5, 0.6) is 0 Å². The summed E-state index contributed by atoms with van der Waals surface area (Å²) < 4.78 is 2.05. The average Bonchev–Trinajstić information content (AvgIpc) is 2.78. The molecule has 0 amide bonds. The summed E-state index contributed by atoms with van der Waals surface area (Å²) in [5.41, 5.74) is 0. The summed E-state index contributed by atoms with van der Waals surface area (Å²) in [4.78, 5) is 4.34. The fourth-order valence-electron chi connectivity index (χ4n) is 2.10. The van der Waals surface area contributed by atoms with E-state index in [0.29, 0.717) is 12.0 Å². The summed E-state index contributed by atoms with van der Waals surface area (Å²) in [5.74, 6) is 1.75. The lowest BCUT2D eigenvalue weighted by atomic mass is 10.1. The number of nitrogens with one attached hydrogen (secondary N) is 1. The van der Waals surface area contributed by atoms with Crippen LogP contribution in [-0.2, 0) is 13.0 Å². The van der Waals surface area contributed by atoms with E-state index in [0.717, 1.165) is 25.3 Å². The van der Waals surface area contributed by atoms with E-state index >= 15 is 0 Å². The molecule has 1 aromatic rings. The predicted octanol–water partition coefficient (Wildman–Crippen LogP) is 1.23. The molecule has 2 rings (SSSR count). The zero-order chi connectivity index (χ0) is 10.7. The molecule has 0 radical (unpaired) electrons. The molecule has 1 aromatic heterocycles. The van der Waals surface area contributed by atoms with Gasteiger partial charge in [0.15, 0.2) is 0 Å². The predicted molar refractivity (Wildman–Crippen MR) is 59.6 cm³/mol. The van der Waals surface area contributed by atoms with E-state index in [-0.39, 0.29) is 0 Å². The van der Waals surface area contributed by atoms with Gasteiger partial charge in [0, 0.05) is 19.0 Å². The molecule has 15 heavy (non-hydrogen) atoms. The van der Waals surface area contributed by atoms with Crippen LogP contribution in [0, 0.1) is 5.92 Å². The van der Waals surface area contributed by atoms with Crippen LogP contribution in [0.25, 0.3) is 0 Å². The van der Waals surface area contributed by atoms with Crippen molar-refractivity contribution in [3.63, 3.8) is 0 Å². The highest BCUT2D eigenvalue weighted by atomic mass is 15.3. The van der Waals surface area contributed by atoms with Crippen LogP contribution in [-0.4, -0.2) is 27.4 Å². The van der Waals surface area contributed by atoms with Gasteiger partial charge in [-0.2, -0.15) is 5.10 Å². The van der Waals surface area contributed by atoms with Gasteiger partial charge in [0.05, 0.1) is 0 Å². The van der Waals surface area contributed by atoms with Gasteiger partial charge in [0.2, 0.25) is 0 Å². The molecule has 0 bridgehead atoms. The maximum Gasteiger partial charge on any atom is 0.138 e. The summed E-state index contributed by atoms with van der Waals surface area (Å²) >= 11 is 0. The van der Waals surface area contributed by atoms with Crippen LogP contribution < -0.4 is 5.32 Å². The van der Waals surface area contributed by atoms with Crippen molar-refractivity contribution in [1.82, 2.24) is 20.1 Å². The fraction of sp³-hybridized carbons (Fsp3) is 0.818. The zero-order valence-electron chi connectivity index (χ0n) is 9.61. The van der Waals surface area contributed by atoms with Crippen molar-refractivity contribution in [2.75, 3.05) is 6.54 Å². The van der Waals surface area contributed by atoms with Gasteiger partial charge >= 0.3 is 0 Å². The number of hydrogen-bond donors (Lipinski definition) is 1. The van der Waals surface area contributed by atoms with Gasteiger partial charge in [0.25, 0.3) is 0 Å². The zero-order valence-corrected chi connectivity index (χ0v) is 9.61. The Bertz CT molecular complexity index is 299. The Labute approximate surface area is 91.1 Å².